The summed E-state index contributed by atoms with van der Waals surface area (Å²) in [5, 5.41) is 8.94. The average molecular weight is 302 g/mol. The van der Waals surface area contributed by atoms with Crippen molar-refractivity contribution in [3.8, 4) is 5.75 Å². The second-order valence-corrected chi connectivity index (χ2v) is 4.48. The first kappa shape index (κ1) is 13.5. The third-order valence-corrected chi connectivity index (χ3v) is 2.64. The minimum atomic E-state index is -1.08. The van der Waals surface area contributed by atoms with Crippen LogP contribution in [0.15, 0.2) is 22.7 Å². The molecule has 92 valence electrons. The maximum Gasteiger partial charge on any atom is 0.339 e. The van der Waals surface area contributed by atoms with Crippen LogP contribution < -0.4 is 10.5 Å². The Morgan fingerprint density at radius 2 is 2.18 bits per heavy atom. The molecule has 0 spiro atoms. The molecular formula is C11H12BrNO4. The molecule has 5 nitrogen and oxygen atoms in total. The molecule has 17 heavy (non-hydrogen) atoms. The van der Waals surface area contributed by atoms with E-state index in [9.17, 15) is 9.59 Å². The van der Waals surface area contributed by atoms with Gasteiger partial charge in [0.2, 0.25) is 5.91 Å². The Morgan fingerprint density at radius 3 is 2.71 bits per heavy atom. The molecule has 1 aromatic carbocycles. The molecule has 0 fully saturated rings. The van der Waals surface area contributed by atoms with Gasteiger partial charge in [0.05, 0.1) is 12.5 Å². The van der Waals surface area contributed by atoms with E-state index in [2.05, 4.69) is 15.9 Å². The van der Waals surface area contributed by atoms with Crippen LogP contribution >= 0.6 is 15.9 Å². The van der Waals surface area contributed by atoms with Crippen LogP contribution in [0.5, 0.6) is 5.75 Å². The second-order valence-electron chi connectivity index (χ2n) is 3.56. The second kappa shape index (κ2) is 5.67. The summed E-state index contributed by atoms with van der Waals surface area (Å²) in [4.78, 5) is 21.7. The van der Waals surface area contributed by atoms with Gasteiger partial charge in [0, 0.05) is 4.47 Å². The van der Waals surface area contributed by atoms with Gasteiger partial charge in [-0.15, -0.1) is 0 Å². The van der Waals surface area contributed by atoms with Crippen LogP contribution in [0.4, 0.5) is 0 Å². The zero-order valence-electron chi connectivity index (χ0n) is 9.14. The standard InChI is InChI=1S/C11H12BrNO4/c1-6(10(13)14)5-17-9-4-7(12)2-3-8(9)11(15)16/h2-4,6H,5H2,1H3,(H2,13,14)(H,15,16). The lowest BCUT2D eigenvalue weighted by Gasteiger charge is -2.12. The number of ether oxygens (including phenoxy) is 1. The normalized spacial score (nSPS) is 11.9. The Morgan fingerprint density at radius 1 is 1.53 bits per heavy atom. The van der Waals surface area contributed by atoms with Crippen molar-refractivity contribution < 1.29 is 19.4 Å². The van der Waals surface area contributed by atoms with E-state index in [0.717, 1.165) is 0 Å². The molecule has 1 rings (SSSR count). The van der Waals surface area contributed by atoms with E-state index in [1.165, 1.54) is 12.1 Å². The largest absolute Gasteiger partial charge is 0.492 e. The topological polar surface area (TPSA) is 89.6 Å². The first-order valence-electron chi connectivity index (χ1n) is 4.86. The van der Waals surface area contributed by atoms with Gasteiger partial charge in [-0.3, -0.25) is 4.79 Å². The predicted molar refractivity (Wildman–Crippen MR) is 65.0 cm³/mol. The molecule has 0 aliphatic rings. The smallest absolute Gasteiger partial charge is 0.339 e. The lowest BCUT2D eigenvalue weighted by atomic mass is 10.2. The van der Waals surface area contributed by atoms with E-state index in [-0.39, 0.29) is 17.9 Å². The van der Waals surface area contributed by atoms with Gasteiger partial charge < -0.3 is 15.6 Å². The summed E-state index contributed by atoms with van der Waals surface area (Å²) in [6, 6.07) is 4.57. The number of carboxylic acids is 1. The number of rotatable bonds is 5. The van der Waals surface area contributed by atoms with E-state index < -0.39 is 17.8 Å². The minimum absolute atomic E-state index is 0.0462. The van der Waals surface area contributed by atoms with Crippen molar-refractivity contribution in [1.29, 1.82) is 0 Å². The van der Waals surface area contributed by atoms with E-state index in [1.54, 1.807) is 13.0 Å². The molecule has 6 heteroatoms. The lowest BCUT2D eigenvalue weighted by Crippen LogP contribution is -2.26. The fraction of sp³-hybridized carbons (Fsp3) is 0.273. The van der Waals surface area contributed by atoms with E-state index >= 15 is 0 Å². The first-order valence-corrected chi connectivity index (χ1v) is 5.66. The van der Waals surface area contributed by atoms with E-state index in [0.29, 0.717) is 4.47 Å². The highest BCUT2D eigenvalue weighted by molar-refractivity contribution is 9.10. The molecule has 3 N–H and O–H groups in total. The molecule has 1 atom stereocenters. The molecule has 0 heterocycles. The van der Waals surface area contributed by atoms with Crippen LogP contribution in [0.2, 0.25) is 0 Å². The minimum Gasteiger partial charge on any atom is -0.492 e. The van der Waals surface area contributed by atoms with Crippen LogP contribution in [0.1, 0.15) is 17.3 Å². The Balaban J connectivity index is 2.85. The van der Waals surface area contributed by atoms with Crippen LogP contribution in [0.25, 0.3) is 0 Å². The highest BCUT2D eigenvalue weighted by atomic mass is 79.9. The summed E-state index contributed by atoms with van der Waals surface area (Å²) in [6.07, 6.45) is 0. The SMILES string of the molecule is CC(COc1cc(Br)ccc1C(=O)O)C(N)=O. The summed E-state index contributed by atoms with van der Waals surface area (Å²) in [6.45, 7) is 1.66. The number of amides is 1. The number of aromatic carboxylic acids is 1. The summed E-state index contributed by atoms with van der Waals surface area (Å²) in [5.74, 6) is -1.84. The highest BCUT2D eigenvalue weighted by Crippen LogP contribution is 2.24. The zero-order valence-corrected chi connectivity index (χ0v) is 10.7. The number of nitrogens with two attached hydrogens (primary N) is 1. The molecule has 0 saturated carbocycles. The molecule has 1 amide bonds. The average Bonchev–Trinajstić information content (AvgIpc) is 2.25. The lowest BCUT2D eigenvalue weighted by molar-refractivity contribution is -0.122. The Labute approximate surface area is 107 Å². The number of hydrogen-bond donors (Lipinski definition) is 2. The number of primary amides is 1. The molecule has 0 aliphatic carbocycles. The molecular weight excluding hydrogens is 290 g/mol. The van der Waals surface area contributed by atoms with Gasteiger partial charge >= 0.3 is 5.97 Å². The summed E-state index contributed by atoms with van der Waals surface area (Å²) in [5.41, 5.74) is 5.13. The summed E-state index contributed by atoms with van der Waals surface area (Å²) < 4.78 is 5.99. The third kappa shape index (κ3) is 3.74. The molecule has 1 unspecified atom stereocenters. The van der Waals surface area contributed by atoms with Crippen LogP contribution in [0, 0.1) is 5.92 Å². The van der Waals surface area contributed by atoms with Gasteiger partial charge in [-0.1, -0.05) is 22.9 Å². The Bertz CT molecular complexity index is 447. The van der Waals surface area contributed by atoms with Crippen molar-refractivity contribution in [3.05, 3.63) is 28.2 Å². The Kier molecular flexibility index (Phi) is 4.51. The van der Waals surface area contributed by atoms with Gasteiger partial charge in [0.1, 0.15) is 11.3 Å². The van der Waals surface area contributed by atoms with Crippen LogP contribution in [-0.4, -0.2) is 23.6 Å². The van der Waals surface area contributed by atoms with Crippen molar-refractivity contribution in [2.75, 3.05) is 6.61 Å². The number of benzene rings is 1. The first-order chi connectivity index (χ1) is 7.91. The van der Waals surface area contributed by atoms with Crippen molar-refractivity contribution in [2.45, 2.75) is 6.92 Å². The Hall–Kier alpha value is -1.56. The van der Waals surface area contributed by atoms with Crippen molar-refractivity contribution in [2.24, 2.45) is 11.7 Å². The van der Waals surface area contributed by atoms with Gasteiger partial charge in [-0.25, -0.2) is 4.79 Å². The van der Waals surface area contributed by atoms with Crippen molar-refractivity contribution in [3.63, 3.8) is 0 Å². The number of carbonyl (C=O) groups excluding carboxylic acids is 1. The monoisotopic (exact) mass is 301 g/mol. The van der Waals surface area contributed by atoms with Crippen molar-refractivity contribution in [1.82, 2.24) is 0 Å². The predicted octanol–water partition coefficient (Wildman–Crippen LogP) is 1.65. The molecule has 0 saturated heterocycles. The fourth-order valence-corrected chi connectivity index (χ4v) is 1.43. The summed E-state index contributed by atoms with van der Waals surface area (Å²) >= 11 is 3.22. The molecule has 0 aromatic heterocycles. The third-order valence-electron chi connectivity index (χ3n) is 2.15. The molecule has 0 bridgehead atoms. The van der Waals surface area contributed by atoms with Gasteiger partial charge in [-0.05, 0) is 18.2 Å². The van der Waals surface area contributed by atoms with Crippen LogP contribution in [0.3, 0.4) is 0 Å². The van der Waals surface area contributed by atoms with Crippen LogP contribution in [-0.2, 0) is 4.79 Å². The molecule has 0 aliphatic heterocycles. The van der Waals surface area contributed by atoms with Gasteiger partial charge in [0.25, 0.3) is 0 Å². The summed E-state index contributed by atoms with van der Waals surface area (Å²) in [7, 11) is 0. The van der Waals surface area contributed by atoms with Crippen molar-refractivity contribution >= 4 is 27.8 Å². The van der Waals surface area contributed by atoms with Gasteiger partial charge in [-0.2, -0.15) is 0 Å². The number of hydrogen-bond acceptors (Lipinski definition) is 3. The number of carbonyl (C=O) groups is 2. The molecule has 0 radical (unpaired) electrons. The zero-order chi connectivity index (χ0) is 13.0. The van der Waals surface area contributed by atoms with E-state index in [4.69, 9.17) is 15.6 Å². The van der Waals surface area contributed by atoms with E-state index in [1.807, 2.05) is 0 Å². The number of carboxylic acid groups (broad SMARTS) is 1. The molecule has 1 aromatic rings. The maximum absolute atomic E-state index is 10.9. The fourth-order valence-electron chi connectivity index (χ4n) is 1.09. The maximum atomic E-state index is 10.9. The quantitative estimate of drug-likeness (QED) is 0.865. The highest BCUT2D eigenvalue weighted by Gasteiger charge is 2.14. The number of halogens is 1. The van der Waals surface area contributed by atoms with Gasteiger partial charge in [0.15, 0.2) is 0 Å².